The highest BCUT2D eigenvalue weighted by Crippen LogP contribution is 2.30. The van der Waals surface area contributed by atoms with Crippen molar-refractivity contribution in [3.63, 3.8) is 0 Å². The van der Waals surface area contributed by atoms with E-state index in [1.54, 1.807) is 25.5 Å². The lowest BCUT2D eigenvalue weighted by Crippen LogP contribution is -2.06. The van der Waals surface area contributed by atoms with Gasteiger partial charge in [-0.2, -0.15) is 0 Å². The predicted octanol–water partition coefficient (Wildman–Crippen LogP) is 3.80. The molecule has 4 aromatic rings. The van der Waals surface area contributed by atoms with Gasteiger partial charge in [0.15, 0.2) is 11.1 Å². The number of benzene rings is 1. The average molecular weight is 346 g/mol. The Morgan fingerprint density at radius 2 is 1.96 bits per heavy atom. The Hall–Kier alpha value is -3.41. The molecule has 0 atom stereocenters. The summed E-state index contributed by atoms with van der Waals surface area (Å²) in [4.78, 5) is 23.5. The number of rotatable bonds is 3. The summed E-state index contributed by atoms with van der Waals surface area (Å²) in [6, 6.07) is 7.33. The number of aromatic nitrogens is 4. The maximum absolute atomic E-state index is 11.8. The van der Waals surface area contributed by atoms with Gasteiger partial charge in [-0.05, 0) is 44.5 Å². The molecular formula is C20H18N4O2. The molecule has 0 unspecified atom stereocenters. The first-order valence-corrected chi connectivity index (χ1v) is 8.30. The summed E-state index contributed by atoms with van der Waals surface area (Å²) in [5.74, 6) is 1.12. The third-order valence-corrected chi connectivity index (χ3v) is 4.46. The monoisotopic (exact) mass is 346 g/mol. The van der Waals surface area contributed by atoms with Gasteiger partial charge in [0.05, 0.1) is 23.1 Å². The molecule has 1 aromatic carbocycles. The topological polar surface area (TPSA) is 72.3 Å². The van der Waals surface area contributed by atoms with E-state index in [9.17, 15) is 4.79 Å². The average Bonchev–Trinajstić information content (AvgIpc) is 3.09. The molecule has 4 rings (SSSR count). The molecule has 6 nitrogen and oxygen atoms in total. The molecule has 0 bridgehead atoms. The molecule has 0 aliphatic carbocycles. The first kappa shape index (κ1) is 16.1. The van der Waals surface area contributed by atoms with E-state index in [1.807, 2.05) is 42.6 Å². The number of H-pyrrole nitrogens is 1. The van der Waals surface area contributed by atoms with E-state index in [2.05, 4.69) is 15.0 Å². The number of hydrogen-bond acceptors (Lipinski definition) is 4. The number of nitrogens with one attached hydrogen (secondary N) is 1. The summed E-state index contributed by atoms with van der Waals surface area (Å²) in [5, 5.41) is 0. The quantitative estimate of drug-likeness (QED) is 0.612. The fourth-order valence-corrected chi connectivity index (χ4v) is 3.04. The van der Waals surface area contributed by atoms with E-state index in [0.29, 0.717) is 17.2 Å². The molecule has 3 heterocycles. The molecular weight excluding hydrogens is 328 g/mol. The lowest BCUT2D eigenvalue weighted by atomic mass is 10.0. The van der Waals surface area contributed by atoms with Crippen molar-refractivity contribution in [2.24, 2.45) is 0 Å². The minimum absolute atomic E-state index is 0.0550. The zero-order chi connectivity index (χ0) is 18.3. The zero-order valence-corrected chi connectivity index (χ0v) is 14.8. The summed E-state index contributed by atoms with van der Waals surface area (Å²) in [6.07, 6.45) is 7.05. The standard InChI is InChI=1S/C20H18N4O2/c1-12-10-15(26-20-13(2)17(25)6-7-22-20)4-5-16(12)19-14(3)23-11-18-21-8-9-24(18)19/h4-11H,1-3H3,(H,22,25). The highest BCUT2D eigenvalue weighted by molar-refractivity contribution is 5.69. The van der Waals surface area contributed by atoms with Gasteiger partial charge in [0.2, 0.25) is 5.88 Å². The van der Waals surface area contributed by atoms with Crippen molar-refractivity contribution >= 4 is 5.65 Å². The largest absolute Gasteiger partial charge is 0.441 e. The first-order chi connectivity index (χ1) is 12.5. The van der Waals surface area contributed by atoms with Gasteiger partial charge in [0.25, 0.3) is 0 Å². The second kappa shape index (κ2) is 6.15. The van der Waals surface area contributed by atoms with Gasteiger partial charge in [-0.1, -0.05) is 0 Å². The van der Waals surface area contributed by atoms with Crippen LogP contribution in [0.2, 0.25) is 0 Å². The Kier molecular flexibility index (Phi) is 3.80. The Bertz CT molecular complexity index is 1170. The summed E-state index contributed by atoms with van der Waals surface area (Å²) in [6.45, 7) is 5.75. The predicted molar refractivity (Wildman–Crippen MR) is 99.8 cm³/mol. The second-order valence-corrected chi connectivity index (χ2v) is 6.22. The minimum Gasteiger partial charge on any atom is -0.441 e. The number of hydrogen-bond donors (Lipinski definition) is 1. The van der Waals surface area contributed by atoms with Crippen LogP contribution in [0.4, 0.5) is 0 Å². The number of nitrogens with zero attached hydrogens (tertiary/aromatic N) is 3. The number of imidazole rings is 1. The van der Waals surface area contributed by atoms with E-state index in [0.717, 1.165) is 28.2 Å². The summed E-state index contributed by atoms with van der Waals surface area (Å²) >= 11 is 0. The molecule has 3 aromatic heterocycles. The van der Waals surface area contributed by atoms with Gasteiger partial charge in [-0.15, -0.1) is 0 Å². The van der Waals surface area contributed by atoms with Gasteiger partial charge in [-0.25, -0.2) is 4.98 Å². The minimum atomic E-state index is -0.0550. The first-order valence-electron chi connectivity index (χ1n) is 8.30. The van der Waals surface area contributed by atoms with Crippen LogP contribution in [0.5, 0.6) is 11.6 Å². The van der Waals surface area contributed by atoms with Gasteiger partial charge in [0.1, 0.15) is 5.75 Å². The molecule has 0 fully saturated rings. The van der Waals surface area contributed by atoms with Crippen LogP contribution in [-0.2, 0) is 0 Å². The molecule has 130 valence electrons. The highest BCUT2D eigenvalue weighted by Gasteiger charge is 2.13. The number of aromatic amines is 1. The maximum Gasteiger partial charge on any atom is 0.204 e. The van der Waals surface area contributed by atoms with E-state index in [1.165, 1.54) is 6.07 Å². The Balaban J connectivity index is 1.77. The van der Waals surface area contributed by atoms with Crippen molar-refractivity contribution in [1.29, 1.82) is 0 Å². The summed E-state index contributed by atoms with van der Waals surface area (Å²) in [7, 11) is 0. The van der Waals surface area contributed by atoms with Crippen LogP contribution in [0, 0.1) is 20.8 Å². The zero-order valence-electron chi connectivity index (χ0n) is 14.8. The van der Waals surface area contributed by atoms with Crippen LogP contribution in [0.1, 0.15) is 16.8 Å². The van der Waals surface area contributed by atoms with Crippen molar-refractivity contribution in [2.75, 3.05) is 0 Å². The van der Waals surface area contributed by atoms with Crippen molar-refractivity contribution in [1.82, 2.24) is 19.4 Å². The third-order valence-electron chi connectivity index (χ3n) is 4.46. The number of aryl methyl sites for hydroxylation is 2. The SMILES string of the molecule is Cc1cc(Oc2[nH]ccc(=O)c2C)ccc1-c1c(C)ncc2nccn12. The van der Waals surface area contributed by atoms with E-state index >= 15 is 0 Å². The van der Waals surface area contributed by atoms with Gasteiger partial charge >= 0.3 is 0 Å². The van der Waals surface area contributed by atoms with Crippen LogP contribution in [0.25, 0.3) is 16.9 Å². The van der Waals surface area contributed by atoms with Crippen molar-refractivity contribution in [3.8, 4) is 22.9 Å². The van der Waals surface area contributed by atoms with E-state index < -0.39 is 0 Å². The Morgan fingerprint density at radius 3 is 2.77 bits per heavy atom. The normalized spacial score (nSPS) is 11.0. The lowest BCUT2D eigenvalue weighted by molar-refractivity contribution is 0.458. The fraction of sp³-hybridized carbons (Fsp3) is 0.150. The molecule has 26 heavy (non-hydrogen) atoms. The van der Waals surface area contributed by atoms with Crippen LogP contribution in [0.15, 0.2) is 53.8 Å². The van der Waals surface area contributed by atoms with Gasteiger partial charge in [-0.3, -0.25) is 14.2 Å². The molecule has 6 heteroatoms. The Labute approximate surface area is 150 Å². The lowest BCUT2D eigenvalue weighted by Gasteiger charge is -2.14. The van der Waals surface area contributed by atoms with Crippen LogP contribution >= 0.6 is 0 Å². The fourth-order valence-electron chi connectivity index (χ4n) is 3.04. The molecule has 0 aliphatic heterocycles. The van der Waals surface area contributed by atoms with E-state index in [4.69, 9.17) is 4.74 Å². The van der Waals surface area contributed by atoms with Crippen molar-refractivity contribution in [2.45, 2.75) is 20.8 Å². The maximum atomic E-state index is 11.8. The smallest absolute Gasteiger partial charge is 0.204 e. The number of ether oxygens (including phenoxy) is 1. The van der Waals surface area contributed by atoms with Gasteiger partial charge < -0.3 is 9.72 Å². The molecule has 0 amide bonds. The molecule has 1 N–H and O–H groups in total. The Morgan fingerprint density at radius 1 is 1.12 bits per heavy atom. The van der Waals surface area contributed by atoms with Crippen LogP contribution in [0.3, 0.4) is 0 Å². The van der Waals surface area contributed by atoms with E-state index in [-0.39, 0.29) is 5.43 Å². The molecule has 0 radical (unpaired) electrons. The molecule has 0 saturated heterocycles. The molecule has 0 spiro atoms. The highest BCUT2D eigenvalue weighted by atomic mass is 16.5. The number of pyridine rings is 1. The van der Waals surface area contributed by atoms with Crippen molar-refractivity contribution < 1.29 is 4.74 Å². The second-order valence-electron chi connectivity index (χ2n) is 6.22. The van der Waals surface area contributed by atoms with Crippen molar-refractivity contribution in [3.05, 3.63) is 76.1 Å². The number of fused-ring (bicyclic) bond motifs is 1. The molecule has 0 saturated carbocycles. The summed E-state index contributed by atoms with van der Waals surface area (Å²) < 4.78 is 7.91. The van der Waals surface area contributed by atoms with Crippen LogP contribution in [-0.4, -0.2) is 19.4 Å². The molecule has 0 aliphatic rings. The summed E-state index contributed by atoms with van der Waals surface area (Å²) in [5.41, 5.74) is 5.35. The third kappa shape index (κ3) is 2.65. The van der Waals surface area contributed by atoms with Gasteiger partial charge in [0, 0.05) is 30.2 Å². The van der Waals surface area contributed by atoms with Crippen LogP contribution < -0.4 is 10.2 Å².